The molecule has 5 nitrogen and oxygen atoms in total. The van der Waals surface area contributed by atoms with Gasteiger partial charge in [-0.15, -0.1) is 11.8 Å². The highest BCUT2D eigenvalue weighted by molar-refractivity contribution is 8.14. The highest BCUT2D eigenvalue weighted by Gasteiger charge is 2.45. The van der Waals surface area contributed by atoms with Crippen LogP contribution < -0.4 is 0 Å². The summed E-state index contributed by atoms with van der Waals surface area (Å²) < 4.78 is 0. The Kier molecular flexibility index (Phi) is 6.09. The zero-order valence-electron chi connectivity index (χ0n) is 16.9. The van der Waals surface area contributed by atoms with Crippen molar-refractivity contribution in [2.45, 2.75) is 13.0 Å². The molecule has 3 aromatic carbocycles. The normalized spacial score (nSPS) is 14.5. The smallest absolute Gasteiger partial charge is 0.262 e. The number of carbonyl (C=O) groups excluding carboxylic acids is 3. The second-order valence-electron chi connectivity index (χ2n) is 6.88. The van der Waals surface area contributed by atoms with E-state index in [4.69, 9.17) is 0 Å². The van der Waals surface area contributed by atoms with Crippen molar-refractivity contribution in [3.05, 3.63) is 102 Å². The number of carbonyl (C=O) groups is 3. The molecule has 0 bridgehead atoms. The van der Waals surface area contributed by atoms with Crippen molar-refractivity contribution >= 4 is 40.1 Å². The number of rotatable bonds is 6. The van der Waals surface area contributed by atoms with E-state index in [0.717, 1.165) is 4.90 Å². The number of amides is 2. The molecule has 1 aliphatic rings. The SMILES string of the molecule is CCSC(=Nc1ccccc1)C(C(=O)c1ccccc1)N1C(=O)c2ccccc2C1=O. The quantitative estimate of drug-likeness (QED) is 0.239. The average molecular weight is 429 g/mol. The van der Waals surface area contributed by atoms with Crippen LogP contribution in [0.15, 0.2) is 89.9 Å². The first kappa shape index (κ1) is 20.8. The summed E-state index contributed by atoms with van der Waals surface area (Å²) in [7, 11) is 0. The van der Waals surface area contributed by atoms with Crippen LogP contribution in [0.3, 0.4) is 0 Å². The molecule has 4 rings (SSSR count). The van der Waals surface area contributed by atoms with E-state index in [0.29, 0.717) is 33.2 Å². The number of hydrogen-bond donors (Lipinski definition) is 0. The topological polar surface area (TPSA) is 66.8 Å². The van der Waals surface area contributed by atoms with Gasteiger partial charge in [-0.2, -0.15) is 0 Å². The third kappa shape index (κ3) is 4.07. The fraction of sp³-hybridized carbons (Fsp3) is 0.120. The van der Waals surface area contributed by atoms with Gasteiger partial charge in [0.25, 0.3) is 11.8 Å². The number of aliphatic imine (C=N–C) groups is 1. The Hall–Kier alpha value is -3.51. The third-order valence-corrected chi connectivity index (χ3v) is 5.81. The Labute approximate surface area is 184 Å². The van der Waals surface area contributed by atoms with Crippen LogP contribution in [0.25, 0.3) is 0 Å². The summed E-state index contributed by atoms with van der Waals surface area (Å²) in [5.74, 6) is -0.668. The second kappa shape index (κ2) is 9.10. The van der Waals surface area contributed by atoms with E-state index in [1.54, 1.807) is 48.5 Å². The van der Waals surface area contributed by atoms with Gasteiger partial charge in [0.15, 0.2) is 11.8 Å². The van der Waals surface area contributed by atoms with E-state index >= 15 is 0 Å². The number of nitrogens with zero attached hydrogens (tertiary/aromatic N) is 2. The van der Waals surface area contributed by atoms with Crippen molar-refractivity contribution in [1.29, 1.82) is 0 Å². The van der Waals surface area contributed by atoms with Crippen molar-refractivity contribution in [2.75, 3.05) is 5.75 Å². The lowest BCUT2D eigenvalue weighted by atomic mass is 10.0. The lowest BCUT2D eigenvalue weighted by molar-refractivity contribution is 0.0590. The fourth-order valence-corrected chi connectivity index (χ4v) is 4.33. The summed E-state index contributed by atoms with van der Waals surface area (Å²) in [5.41, 5.74) is 1.68. The van der Waals surface area contributed by atoms with Gasteiger partial charge in [0.1, 0.15) is 5.04 Å². The van der Waals surface area contributed by atoms with E-state index in [1.807, 2.05) is 43.3 Å². The van der Waals surface area contributed by atoms with Crippen molar-refractivity contribution in [2.24, 2.45) is 4.99 Å². The van der Waals surface area contributed by atoms with Gasteiger partial charge in [-0.25, -0.2) is 4.99 Å². The van der Waals surface area contributed by atoms with E-state index in [2.05, 4.69) is 4.99 Å². The number of hydrogen-bond acceptors (Lipinski definition) is 5. The number of para-hydroxylation sites is 1. The molecule has 0 aliphatic carbocycles. The van der Waals surface area contributed by atoms with Crippen LogP contribution in [0.1, 0.15) is 38.0 Å². The van der Waals surface area contributed by atoms with Gasteiger partial charge in [0, 0.05) is 5.56 Å². The molecule has 6 heteroatoms. The molecule has 0 N–H and O–H groups in total. The number of fused-ring (bicyclic) bond motifs is 1. The number of ketones is 1. The predicted octanol–water partition coefficient (Wildman–Crippen LogP) is 5.02. The van der Waals surface area contributed by atoms with E-state index < -0.39 is 17.9 Å². The highest BCUT2D eigenvalue weighted by Crippen LogP contribution is 2.30. The van der Waals surface area contributed by atoms with Crippen LogP contribution in [0.5, 0.6) is 0 Å². The molecule has 3 aromatic rings. The summed E-state index contributed by atoms with van der Waals surface area (Å²) in [6, 6.07) is 23.4. The fourth-order valence-electron chi connectivity index (χ4n) is 3.49. The van der Waals surface area contributed by atoms with E-state index in [1.165, 1.54) is 11.8 Å². The molecule has 31 heavy (non-hydrogen) atoms. The van der Waals surface area contributed by atoms with Crippen LogP contribution in [0, 0.1) is 0 Å². The Morgan fingerprint density at radius 2 is 1.35 bits per heavy atom. The number of imide groups is 1. The minimum Gasteiger partial charge on any atom is -0.291 e. The second-order valence-corrected chi connectivity index (χ2v) is 8.16. The summed E-state index contributed by atoms with van der Waals surface area (Å²) in [4.78, 5) is 45.9. The van der Waals surface area contributed by atoms with Gasteiger partial charge in [-0.1, -0.05) is 67.6 Å². The molecule has 0 spiro atoms. The zero-order chi connectivity index (χ0) is 21.8. The molecule has 0 saturated carbocycles. The lowest BCUT2D eigenvalue weighted by Crippen LogP contribution is -2.49. The Morgan fingerprint density at radius 3 is 1.90 bits per heavy atom. The lowest BCUT2D eigenvalue weighted by Gasteiger charge is -2.26. The molecule has 1 atom stereocenters. The van der Waals surface area contributed by atoms with E-state index in [9.17, 15) is 14.4 Å². The van der Waals surface area contributed by atoms with Crippen molar-refractivity contribution < 1.29 is 14.4 Å². The number of Topliss-reactive ketones (excluding diaryl/α,β-unsaturated/α-hetero) is 1. The van der Waals surface area contributed by atoms with Crippen molar-refractivity contribution in [1.82, 2.24) is 4.90 Å². The van der Waals surface area contributed by atoms with Crippen molar-refractivity contribution in [3.63, 3.8) is 0 Å². The average Bonchev–Trinajstić information content (AvgIpc) is 3.06. The number of benzene rings is 3. The molecule has 1 aliphatic heterocycles. The van der Waals surface area contributed by atoms with Crippen molar-refractivity contribution in [3.8, 4) is 0 Å². The maximum Gasteiger partial charge on any atom is 0.262 e. The van der Waals surface area contributed by atoms with E-state index in [-0.39, 0.29) is 5.78 Å². The summed E-state index contributed by atoms with van der Waals surface area (Å²) in [6.45, 7) is 1.94. The maximum absolute atomic E-state index is 13.6. The van der Waals surface area contributed by atoms with Gasteiger partial charge in [-0.05, 0) is 30.0 Å². The highest BCUT2D eigenvalue weighted by atomic mass is 32.2. The summed E-state index contributed by atoms with van der Waals surface area (Å²) in [5, 5.41) is 0.414. The first-order valence-electron chi connectivity index (χ1n) is 9.94. The molecule has 0 radical (unpaired) electrons. The van der Waals surface area contributed by atoms with Gasteiger partial charge in [0.2, 0.25) is 0 Å². The molecule has 2 amide bonds. The molecular weight excluding hydrogens is 408 g/mol. The monoisotopic (exact) mass is 428 g/mol. The minimum atomic E-state index is -1.14. The largest absolute Gasteiger partial charge is 0.291 e. The number of thioether (sulfide) groups is 1. The molecule has 0 aromatic heterocycles. The molecular formula is C25H20N2O3S. The molecule has 1 heterocycles. The maximum atomic E-state index is 13.6. The molecule has 154 valence electrons. The van der Waals surface area contributed by atoms with Gasteiger partial charge in [0.05, 0.1) is 16.8 Å². The minimum absolute atomic E-state index is 0.305. The third-order valence-electron chi connectivity index (χ3n) is 4.91. The Bertz CT molecular complexity index is 1120. The molecule has 0 saturated heterocycles. The molecule has 1 unspecified atom stereocenters. The van der Waals surface area contributed by atoms with Crippen LogP contribution in [-0.4, -0.2) is 39.3 Å². The Balaban J connectivity index is 1.86. The van der Waals surface area contributed by atoms with Crippen LogP contribution in [0.4, 0.5) is 5.69 Å². The first-order chi connectivity index (χ1) is 15.1. The summed E-state index contributed by atoms with van der Waals surface area (Å²) in [6.07, 6.45) is 0. The zero-order valence-corrected chi connectivity index (χ0v) is 17.7. The van der Waals surface area contributed by atoms with Crippen LogP contribution in [0.2, 0.25) is 0 Å². The summed E-state index contributed by atoms with van der Waals surface area (Å²) >= 11 is 1.36. The van der Waals surface area contributed by atoms with Gasteiger partial charge in [-0.3, -0.25) is 19.3 Å². The molecule has 0 fully saturated rings. The van der Waals surface area contributed by atoms with Gasteiger partial charge < -0.3 is 0 Å². The van der Waals surface area contributed by atoms with Gasteiger partial charge >= 0.3 is 0 Å². The van der Waals surface area contributed by atoms with Crippen LogP contribution in [-0.2, 0) is 0 Å². The first-order valence-corrected chi connectivity index (χ1v) is 10.9. The Morgan fingerprint density at radius 1 is 0.839 bits per heavy atom. The van der Waals surface area contributed by atoms with Crippen LogP contribution >= 0.6 is 11.8 Å². The predicted molar refractivity (Wildman–Crippen MR) is 123 cm³/mol. The standard InChI is InChI=1S/C25H20N2O3S/c1-2-31-23(26-18-13-7-4-8-14-18)21(22(28)17-11-5-3-6-12-17)27-24(29)19-15-9-10-16-20(19)25(27)30/h3-16,21H,2H2,1H3.